The molecule has 4 heterocycles. The number of nitrogens with zero attached hydrogens (tertiary/aromatic N) is 5. The summed E-state index contributed by atoms with van der Waals surface area (Å²) < 4.78 is 40.8. The van der Waals surface area contributed by atoms with Crippen molar-refractivity contribution < 1.29 is 18.0 Å². The Labute approximate surface area is 187 Å². The Hall–Kier alpha value is -3.56. The highest BCUT2D eigenvalue weighted by Gasteiger charge is 2.49. The van der Waals surface area contributed by atoms with Crippen LogP contribution in [-0.2, 0) is 6.18 Å². The van der Waals surface area contributed by atoms with E-state index in [-0.39, 0.29) is 28.5 Å². The van der Waals surface area contributed by atoms with Crippen molar-refractivity contribution in [1.82, 2.24) is 24.8 Å². The lowest BCUT2D eigenvalue weighted by Crippen LogP contribution is -2.41. The lowest BCUT2D eigenvalue weighted by Gasteiger charge is -2.37. The van der Waals surface area contributed by atoms with Gasteiger partial charge in [0.2, 0.25) is 0 Å². The van der Waals surface area contributed by atoms with Crippen LogP contribution >= 0.6 is 0 Å². The number of aromatic nitrogens is 4. The molecule has 0 spiro atoms. The lowest BCUT2D eigenvalue weighted by molar-refractivity contribution is -0.138. The first kappa shape index (κ1) is 21.3. The molecule has 5 rings (SSSR count). The monoisotopic (exact) mass is 454 g/mol. The molecule has 3 atom stereocenters. The number of likely N-dealkylation sites (tertiary alicyclic amines) is 1. The number of amides is 1. The molecule has 7 nitrogen and oxygen atoms in total. The molecule has 10 heteroatoms. The highest BCUT2D eigenvalue weighted by Crippen LogP contribution is 2.53. The zero-order valence-electron chi connectivity index (χ0n) is 17.8. The number of anilines is 1. The molecule has 2 N–H and O–H groups in total. The van der Waals surface area contributed by atoms with Crippen molar-refractivity contribution in [3.63, 3.8) is 0 Å². The Balaban J connectivity index is 1.59. The number of rotatable bonds is 3. The van der Waals surface area contributed by atoms with Crippen molar-refractivity contribution in [2.45, 2.75) is 32.0 Å². The van der Waals surface area contributed by atoms with E-state index < -0.39 is 17.8 Å². The highest BCUT2D eigenvalue weighted by molar-refractivity contribution is 5.98. The van der Waals surface area contributed by atoms with E-state index >= 15 is 0 Å². The maximum absolute atomic E-state index is 13.8. The largest absolute Gasteiger partial charge is 0.418 e. The second-order valence-corrected chi connectivity index (χ2v) is 8.53. The second-order valence-electron chi connectivity index (χ2n) is 8.53. The van der Waals surface area contributed by atoms with Gasteiger partial charge in [-0.1, -0.05) is 0 Å². The van der Waals surface area contributed by atoms with E-state index in [0.717, 1.165) is 12.6 Å². The van der Waals surface area contributed by atoms with Gasteiger partial charge in [-0.2, -0.15) is 13.2 Å². The number of fused-ring (bicyclic) bond motifs is 1. The van der Waals surface area contributed by atoms with Crippen LogP contribution in [0, 0.1) is 18.8 Å². The van der Waals surface area contributed by atoms with E-state index in [4.69, 9.17) is 5.73 Å². The van der Waals surface area contributed by atoms with Gasteiger partial charge in [0.25, 0.3) is 5.91 Å². The van der Waals surface area contributed by atoms with Crippen LogP contribution < -0.4 is 5.73 Å². The van der Waals surface area contributed by atoms with E-state index in [1.807, 2.05) is 0 Å². The van der Waals surface area contributed by atoms with Crippen LogP contribution in [0.1, 0.15) is 46.1 Å². The maximum Gasteiger partial charge on any atom is 0.418 e. The van der Waals surface area contributed by atoms with Crippen LogP contribution in [0.5, 0.6) is 0 Å². The molecule has 3 unspecified atom stereocenters. The van der Waals surface area contributed by atoms with Gasteiger partial charge in [-0.05, 0) is 55.4 Å². The Bertz CT molecular complexity index is 1220. The molecule has 170 valence electrons. The number of hydrogen-bond donors (Lipinski definition) is 1. The van der Waals surface area contributed by atoms with Crippen molar-refractivity contribution in [1.29, 1.82) is 0 Å². The number of piperidine rings is 1. The van der Waals surface area contributed by atoms with E-state index in [0.29, 0.717) is 36.2 Å². The van der Waals surface area contributed by atoms with Crippen molar-refractivity contribution in [2.24, 2.45) is 11.8 Å². The standard InChI is InChI=1S/C23H21F3N6O/c1-12-16(23(24,25)26)10-31-20(27)18(12)17-9-13-8-14(13)11-32(17)22(33)19-15(4-2-5-28-19)21-29-6-3-7-30-21/h2-7,10,13-14,17H,8-9,11H2,1H3,(H2,27,31). The normalized spacial score (nSPS) is 22.1. The van der Waals surface area contributed by atoms with Crippen molar-refractivity contribution in [2.75, 3.05) is 12.3 Å². The predicted octanol–water partition coefficient (Wildman–Crippen LogP) is 4.07. The third-order valence-electron chi connectivity index (χ3n) is 6.54. The summed E-state index contributed by atoms with van der Waals surface area (Å²) >= 11 is 0. The van der Waals surface area contributed by atoms with Gasteiger partial charge in [0.05, 0.1) is 17.2 Å². The average Bonchev–Trinajstić information content (AvgIpc) is 3.56. The minimum absolute atomic E-state index is 0.00420. The summed E-state index contributed by atoms with van der Waals surface area (Å²) in [5.74, 6) is 0.654. The number of alkyl halides is 3. The number of pyridine rings is 2. The quantitative estimate of drug-likeness (QED) is 0.641. The summed E-state index contributed by atoms with van der Waals surface area (Å²) in [4.78, 5) is 32.0. The number of nitrogen functional groups attached to an aromatic ring is 1. The van der Waals surface area contributed by atoms with Crippen molar-refractivity contribution in [3.8, 4) is 11.4 Å². The maximum atomic E-state index is 13.8. The molecule has 0 bridgehead atoms. The first-order chi connectivity index (χ1) is 15.8. The lowest BCUT2D eigenvalue weighted by atomic mass is 9.90. The molecule has 1 aliphatic heterocycles. The van der Waals surface area contributed by atoms with Gasteiger partial charge in [0, 0.05) is 36.9 Å². The molecule has 33 heavy (non-hydrogen) atoms. The number of nitrogens with two attached hydrogens (primary N) is 1. The van der Waals surface area contributed by atoms with Crippen molar-refractivity contribution >= 4 is 11.7 Å². The van der Waals surface area contributed by atoms with Crippen LogP contribution in [0.2, 0.25) is 0 Å². The average molecular weight is 454 g/mol. The fourth-order valence-electron chi connectivity index (χ4n) is 4.79. The van der Waals surface area contributed by atoms with Gasteiger partial charge in [0.15, 0.2) is 5.82 Å². The summed E-state index contributed by atoms with van der Waals surface area (Å²) in [5.41, 5.74) is 6.14. The molecule has 2 aliphatic rings. The second kappa shape index (κ2) is 7.79. The molecule has 1 saturated carbocycles. The van der Waals surface area contributed by atoms with Gasteiger partial charge in [-0.25, -0.2) is 15.0 Å². The zero-order chi connectivity index (χ0) is 23.3. The molecular weight excluding hydrogens is 433 g/mol. The molecule has 1 aliphatic carbocycles. The van der Waals surface area contributed by atoms with E-state index in [2.05, 4.69) is 19.9 Å². The van der Waals surface area contributed by atoms with Crippen LogP contribution in [0.3, 0.4) is 0 Å². The van der Waals surface area contributed by atoms with Gasteiger partial charge < -0.3 is 10.6 Å². The molecule has 1 amide bonds. The summed E-state index contributed by atoms with van der Waals surface area (Å²) in [6, 6.07) is 4.44. The van der Waals surface area contributed by atoms with E-state index in [9.17, 15) is 18.0 Å². The fourth-order valence-corrected chi connectivity index (χ4v) is 4.79. The summed E-state index contributed by atoms with van der Waals surface area (Å²) in [5, 5.41) is 0. The van der Waals surface area contributed by atoms with Crippen LogP contribution in [0.25, 0.3) is 11.4 Å². The molecule has 3 aromatic rings. The summed E-state index contributed by atoms with van der Waals surface area (Å²) in [7, 11) is 0. The zero-order valence-corrected chi connectivity index (χ0v) is 17.8. The Kier molecular flexibility index (Phi) is 5.02. The topological polar surface area (TPSA) is 97.9 Å². The molecule has 1 saturated heterocycles. The smallest absolute Gasteiger partial charge is 0.383 e. The van der Waals surface area contributed by atoms with Crippen LogP contribution in [0.15, 0.2) is 43.0 Å². The SMILES string of the molecule is Cc1c(C(F)(F)F)cnc(N)c1C1CC2CC2CN1C(=O)c1ncccc1-c1ncccn1. The van der Waals surface area contributed by atoms with E-state index in [1.54, 1.807) is 35.5 Å². The van der Waals surface area contributed by atoms with E-state index in [1.165, 1.54) is 13.1 Å². The Morgan fingerprint density at radius 3 is 2.52 bits per heavy atom. The molecular formula is C23H21F3N6O. The molecule has 0 aromatic carbocycles. The summed E-state index contributed by atoms with van der Waals surface area (Å²) in [6.45, 7) is 1.82. The van der Waals surface area contributed by atoms with Gasteiger partial charge in [-0.3, -0.25) is 9.78 Å². The minimum Gasteiger partial charge on any atom is -0.383 e. The third kappa shape index (κ3) is 3.79. The Morgan fingerprint density at radius 2 is 1.79 bits per heavy atom. The van der Waals surface area contributed by atoms with Gasteiger partial charge in [-0.15, -0.1) is 0 Å². The minimum atomic E-state index is -4.57. The van der Waals surface area contributed by atoms with Crippen LogP contribution in [0.4, 0.5) is 19.0 Å². The summed E-state index contributed by atoms with van der Waals surface area (Å²) in [6.07, 6.45) is 2.30. The number of halogens is 3. The number of carbonyl (C=O) groups excluding carboxylic acids is 1. The van der Waals surface area contributed by atoms with Gasteiger partial charge in [0.1, 0.15) is 11.5 Å². The first-order valence-corrected chi connectivity index (χ1v) is 10.6. The number of carbonyl (C=O) groups is 1. The third-order valence-corrected chi connectivity index (χ3v) is 6.54. The van der Waals surface area contributed by atoms with Gasteiger partial charge >= 0.3 is 6.18 Å². The Morgan fingerprint density at radius 1 is 1.06 bits per heavy atom. The first-order valence-electron chi connectivity index (χ1n) is 10.6. The number of hydrogen-bond acceptors (Lipinski definition) is 6. The highest BCUT2D eigenvalue weighted by atomic mass is 19.4. The molecule has 0 radical (unpaired) electrons. The van der Waals surface area contributed by atoms with Crippen molar-refractivity contribution in [3.05, 3.63) is 65.4 Å². The molecule has 2 fully saturated rings. The molecule has 3 aromatic heterocycles. The predicted molar refractivity (Wildman–Crippen MR) is 114 cm³/mol. The fraction of sp³-hybridized carbons (Fsp3) is 0.348. The van der Waals surface area contributed by atoms with Crippen LogP contribution in [-0.4, -0.2) is 37.3 Å².